The number of anilines is 1. The molecule has 0 saturated carbocycles. The minimum atomic E-state index is -0.520. The molecular weight excluding hydrogens is 310 g/mol. The summed E-state index contributed by atoms with van der Waals surface area (Å²) in [6.45, 7) is 2.36. The summed E-state index contributed by atoms with van der Waals surface area (Å²) in [5, 5.41) is 0. The van der Waals surface area contributed by atoms with Gasteiger partial charge in [0.05, 0.1) is 13.7 Å². The van der Waals surface area contributed by atoms with E-state index >= 15 is 0 Å². The number of aryl methyl sites for hydroxylation is 1. The highest BCUT2D eigenvalue weighted by molar-refractivity contribution is 9.10. The molecule has 2 aromatic rings. The summed E-state index contributed by atoms with van der Waals surface area (Å²) in [7, 11) is 1.31. The van der Waals surface area contributed by atoms with Gasteiger partial charge in [-0.3, -0.25) is 0 Å². The molecule has 19 heavy (non-hydrogen) atoms. The van der Waals surface area contributed by atoms with E-state index < -0.39 is 5.97 Å². The van der Waals surface area contributed by atoms with Crippen LogP contribution in [0.3, 0.4) is 0 Å². The number of benzene rings is 1. The van der Waals surface area contributed by atoms with Crippen LogP contribution in [0.1, 0.15) is 21.9 Å². The number of aromatic nitrogens is 2. The predicted octanol–water partition coefficient (Wildman–Crippen LogP) is 2.37. The summed E-state index contributed by atoms with van der Waals surface area (Å²) in [6.07, 6.45) is 0. The fourth-order valence-electron chi connectivity index (χ4n) is 1.85. The Labute approximate surface area is 119 Å². The van der Waals surface area contributed by atoms with Gasteiger partial charge >= 0.3 is 5.97 Å². The summed E-state index contributed by atoms with van der Waals surface area (Å²) >= 11 is 3.42. The minimum Gasteiger partial charge on any atom is -0.464 e. The van der Waals surface area contributed by atoms with Crippen molar-refractivity contribution in [2.24, 2.45) is 0 Å². The number of methoxy groups -OCH3 is 1. The van der Waals surface area contributed by atoms with Crippen molar-refractivity contribution in [1.29, 1.82) is 0 Å². The van der Waals surface area contributed by atoms with Crippen molar-refractivity contribution in [3.63, 3.8) is 0 Å². The lowest BCUT2D eigenvalue weighted by Gasteiger charge is -2.08. The van der Waals surface area contributed by atoms with Gasteiger partial charge in [-0.25, -0.2) is 9.78 Å². The van der Waals surface area contributed by atoms with E-state index in [9.17, 15) is 4.79 Å². The highest BCUT2D eigenvalue weighted by atomic mass is 79.9. The molecule has 5 nitrogen and oxygen atoms in total. The quantitative estimate of drug-likeness (QED) is 0.880. The molecule has 1 heterocycles. The van der Waals surface area contributed by atoms with Gasteiger partial charge < -0.3 is 15.0 Å². The number of ether oxygens (including phenoxy) is 1. The first-order valence-corrected chi connectivity index (χ1v) is 6.47. The van der Waals surface area contributed by atoms with E-state index in [-0.39, 0.29) is 5.69 Å². The first-order valence-electron chi connectivity index (χ1n) is 5.68. The topological polar surface area (TPSA) is 70.1 Å². The van der Waals surface area contributed by atoms with Gasteiger partial charge in [0.15, 0.2) is 5.69 Å². The second kappa shape index (κ2) is 5.44. The molecule has 0 spiro atoms. The Bertz CT molecular complexity index is 622. The van der Waals surface area contributed by atoms with Crippen LogP contribution >= 0.6 is 15.9 Å². The molecule has 2 rings (SSSR count). The average Bonchev–Trinajstić information content (AvgIpc) is 2.66. The number of carbonyl (C=O) groups excluding carboxylic acids is 1. The third-order valence-corrected chi connectivity index (χ3v) is 3.30. The number of carbonyl (C=O) groups is 1. The van der Waals surface area contributed by atoms with Crippen LogP contribution in [0.2, 0.25) is 0 Å². The van der Waals surface area contributed by atoms with E-state index in [0.717, 1.165) is 10.0 Å². The molecule has 100 valence electrons. The molecule has 6 heteroatoms. The Morgan fingerprint density at radius 1 is 1.53 bits per heavy atom. The molecule has 0 radical (unpaired) electrons. The number of hydrogen-bond donors (Lipinski definition) is 1. The summed E-state index contributed by atoms with van der Waals surface area (Å²) in [4.78, 5) is 15.7. The second-order valence-corrected chi connectivity index (χ2v) is 5.02. The number of nitrogen functional groups attached to an aromatic ring is 1. The lowest BCUT2D eigenvalue weighted by molar-refractivity contribution is 0.0595. The highest BCUT2D eigenvalue weighted by Crippen LogP contribution is 2.19. The number of imidazole rings is 1. The normalized spacial score (nSPS) is 10.5. The molecule has 0 bridgehead atoms. The number of rotatable bonds is 3. The standard InChI is InChI=1S/C13H14BrN3O2/c1-8-16-11(13(18)19-2)12(15)17(8)7-9-4-3-5-10(14)6-9/h3-6H,7,15H2,1-2H3. The molecule has 0 atom stereocenters. The largest absolute Gasteiger partial charge is 0.464 e. The van der Waals surface area contributed by atoms with Crippen LogP contribution in [0.15, 0.2) is 28.7 Å². The zero-order chi connectivity index (χ0) is 14.0. The maximum absolute atomic E-state index is 11.5. The van der Waals surface area contributed by atoms with E-state index in [2.05, 4.69) is 25.7 Å². The molecular formula is C13H14BrN3O2. The van der Waals surface area contributed by atoms with Crippen LogP contribution in [0.4, 0.5) is 5.82 Å². The van der Waals surface area contributed by atoms with Crippen molar-refractivity contribution in [1.82, 2.24) is 9.55 Å². The lowest BCUT2D eigenvalue weighted by atomic mass is 10.2. The first-order chi connectivity index (χ1) is 9.02. The molecule has 2 N–H and O–H groups in total. The van der Waals surface area contributed by atoms with Gasteiger partial charge in [0.25, 0.3) is 0 Å². The van der Waals surface area contributed by atoms with Crippen molar-refractivity contribution in [2.45, 2.75) is 13.5 Å². The summed E-state index contributed by atoms with van der Waals surface area (Å²) in [6, 6.07) is 7.88. The SMILES string of the molecule is COC(=O)c1nc(C)n(Cc2cccc(Br)c2)c1N. The summed E-state index contributed by atoms with van der Waals surface area (Å²) in [5.41, 5.74) is 7.18. The summed E-state index contributed by atoms with van der Waals surface area (Å²) < 4.78 is 7.43. The van der Waals surface area contributed by atoms with E-state index in [1.54, 1.807) is 11.5 Å². The van der Waals surface area contributed by atoms with Crippen molar-refractivity contribution < 1.29 is 9.53 Å². The zero-order valence-electron chi connectivity index (χ0n) is 10.7. The first kappa shape index (κ1) is 13.6. The van der Waals surface area contributed by atoms with Crippen LogP contribution in [-0.4, -0.2) is 22.6 Å². The van der Waals surface area contributed by atoms with Crippen LogP contribution in [0, 0.1) is 6.92 Å². The van der Waals surface area contributed by atoms with E-state index in [0.29, 0.717) is 18.2 Å². The van der Waals surface area contributed by atoms with Gasteiger partial charge in [-0.1, -0.05) is 28.1 Å². The van der Waals surface area contributed by atoms with E-state index in [1.165, 1.54) is 7.11 Å². The molecule has 0 saturated heterocycles. The molecule has 1 aromatic carbocycles. The van der Waals surface area contributed by atoms with E-state index in [1.807, 2.05) is 24.3 Å². The number of nitrogens with zero attached hydrogens (tertiary/aromatic N) is 2. The summed E-state index contributed by atoms with van der Waals surface area (Å²) in [5.74, 6) is 0.482. The molecule has 0 amide bonds. The number of halogens is 1. The Balaban J connectivity index is 2.36. The van der Waals surface area contributed by atoms with Crippen LogP contribution < -0.4 is 5.73 Å². The number of nitrogens with two attached hydrogens (primary N) is 1. The molecule has 0 aliphatic carbocycles. The molecule has 0 fully saturated rings. The van der Waals surface area contributed by atoms with E-state index in [4.69, 9.17) is 5.73 Å². The van der Waals surface area contributed by atoms with Crippen LogP contribution in [0.5, 0.6) is 0 Å². The minimum absolute atomic E-state index is 0.162. The third-order valence-electron chi connectivity index (χ3n) is 2.81. The van der Waals surface area contributed by atoms with Crippen molar-refractivity contribution in [2.75, 3.05) is 12.8 Å². The Morgan fingerprint density at radius 3 is 2.89 bits per heavy atom. The number of esters is 1. The Morgan fingerprint density at radius 2 is 2.26 bits per heavy atom. The maximum Gasteiger partial charge on any atom is 0.360 e. The molecule has 0 unspecified atom stereocenters. The molecule has 0 aliphatic heterocycles. The molecule has 1 aromatic heterocycles. The zero-order valence-corrected chi connectivity index (χ0v) is 12.3. The lowest BCUT2D eigenvalue weighted by Crippen LogP contribution is -2.09. The van der Waals surface area contributed by atoms with Gasteiger partial charge in [-0.2, -0.15) is 0 Å². The highest BCUT2D eigenvalue weighted by Gasteiger charge is 2.19. The van der Waals surface area contributed by atoms with Gasteiger partial charge in [0.1, 0.15) is 11.6 Å². The predicted molar refractivity (Wildman–Crippen MR) is 76.0 cm³/mol. The van der Waals surface area contributed by atoms with Crippen molar-refractivity contribution in [3.8, 4) is 0 Å². The second-order valence-electron chi connectivity index (χ2n) is 4.10. The Kier molecular flexibility index (Phi) is 3.90. The molecule has 0 aliphatic rings. The fourth-order valence-corrected chi connectivity index (χ4v) is 2.29. The fraction of sp³-hybridized carbons (Fsp3) is 0.231. The average molecular weight is 324 g/mol. The van der Waals surface area contributed by atoms with Crippen molar-refractivity contribution in [3.05, 3.63) is 45.8 Å². The van der Waals surface area contributed by atoms with Gasteiger partial charge in [-0.15, -0.1) is 0 Å². The van der Waals surface area contributed by atoms with Crippen LogP contribution in [0.25, 0.3) is 0 Å². The van der Waals surface area contributed by atoms with Gasteiger partial charge in [-0.05, 0) is 24.6 Å². The number of hydrogen-bond acceptors (Lipinski definition) is 4. The van der Waals surface area contributed by atoms with Crippen LogP contribution in [-0.2, 0) is 11.3 Å². The Hall–Kier alpha value is -1.82. The van der Waals surface area contributed by atoms with Gasteiger partial charge in [0.2, 0.25) is 0 Å². The third kappa shape index (κ3) is 2.78. The smallest absolute Gasteiger partial charge is 0.360 e. The monoisotopic (exact) mass is 323 g/mol. The maximum atomic E-state index is 11.5. The van der Waals surface area contributed by atoms with Crippen molar-refractivity contribution >= 4 is 27.7 Å². The van der Waals surface area contributed by atoms with Gasteiger partial charge in [0, 0.05) is 4.47 Å².